The highest BCUT2D eigenvalue weighted by Crippen LogP contribution is 2.34. The topological polar surface area (TPSA) is 57.0 Å². The molecule has 18 heavy (non-hydrogen) atoms. The zero-order valence-corrected chi connectivity index (χ0v) is 11.6. The molecule has 0 bridgehead atoms. The van der Waals surface area contributed by atoms with E-state index in [1.165, 1.54) is 5.56 Å². The minimum atomic E-state index is 0.572. The Hall–Kier alpha value is -0.740. The van der Waals surface area contributed by atoms with Gasteiger partial charge in [0.05, 0.1) is 15.6 Å². The lowest BCUT2D eigenvalue weighted by atomic mass is 10.1. The molecule has 5 heteroatoms. The van der Waals surface area contributed by atoms with Crippen molar-refractivity contribution in [1.29, 1.82) is 0 Å². The van der Waals surface area contributed by atoms with E-state index in [1.54, 1.807) is 0 Å². The number of nitrogens with two attached hydrogens (primary N) is 2. The largest absolute Gasteiger partial charge is 0.345 e. The molecule has 0 fully saturated rings. The molecule has 0 aliphatic heterocycles. The average Bonchev–Trinajstić information content (AvgIpc) is 2.70. The monoisotopic (exact) mass is 285 g/mol. The summed E-state index contributed by atoms with van der Waals surface area (Å²) in [4.78, 5) is 0. The van der Waals surface area contributed by atoms with Crippen LogP contribution in [0.4, 0.5) is 0 Å². The number of aryl methyl sites for hydroxylation is 1. The van der Waals surface area contributed by atoms with Crippen molar-refractivity contribution >= 4 is 34.1 Å². The molecule has 4 N–H and O–H groups in total. The van der Waals surface area contributed by atoms with E-state index in [2.05, 4.69) is 10.8 Å². The fraction of sp³-hybridized carbons (Fsp3) is 0.385. The molecular formula is C13H17Cl2N3. The van der Waals surface area contributed by atoms with Crippen LogP contribution in [0.3, 0.4) is 0 Å². The standard InChI is InChI=1S/C13H17Cl2N3/c14-11-4-3-10-9(2-1-5-16)8-18(7-6-17)13(10)12(11)15/h3-4,8H,1-2,5-7,16-17H2. The Bertz CT molecular complexity index is 549. The fourth-order valence-electron chi connectivity index (χ4n) is 2.21. The number of hydrogen-bond acceptors (Lipinski definition) is 2. The molecule has 0 radical (unpaired) electrons. The van der Waals surface area contributed by atoms with Crippen LogP contribution in [0, 0.1) is 0 Å². The van der Waals surface area contributed by atoms with Gasteiger partial charge in [0.15, 0.2) is 0 Å². The quantitative estimate of drug-likeness (QED) is 0.888. The third kappa shape index (κ3) is 2.50. The molecule has 98 valence electrons. The third-order valence-corrected chi connectivity index (χ3v) is 3.83. The van der Waals surface area contributed by atoms with Crippen LogP contribution in [0.15, 0.2) is 18.3 Å². The van der Waals surface area contributed by atoms with E-state index in [-0.39, 0.29) is 0 Å². The van der Waals surface area contributed by atoms with Gasteiger partial charge in [-0.1, -0.05) is 29.3 Å². The van der Waals surface area contributed by atoms with E-state index in [9.17, 15) is 0 Å². The normalized spacial score (nSPS) is 11.3. The van der Waals surface area contributed by atoms with Gasteiger partial charge in [-0.15, -0.1) is 0 Å². The van der Waals surface area contributed by atoms with Gasteiger partial charge in [-0.3, -0.25) is 0 Å². The molecule has 3 nitrogen and oxygen atoms in total. The summed E-state index contributed by atoms with van der Waals surface area (Å²) in [6.45, 7) is 1.99. The summed E-state index contributed by atoms with van der Waals surface area (Å²) in [5, 5.41) is 2.32. The van der Waals surface area contributed by atoms with Crippen LogP contribution in [0.2, 0.25) is 10.0 Å². The number of nitrogens with zero attached hydrogens (tertiary/aromatic N) is 1. The SMILES string of the molecule is NCCCc1cn(CCN)c2c(Cl)c(Cl)ccc12. The zero-order chi connectivity index (χ0) is 13.1. The van der Waals surface area contributed by atoms with Crippen LogP contribution in [-0.4, -0.2) is 17.7 Å². The Morgan fingerprint density at radius 3 is 2.56 bits per heavy atom. The Labute approximate surface area is 117 Å². The summed E-state index contributed by atoms with van der Waals surface area (Å²) in [5.74, 6) is 0. The van der Waals surface area contributed by atoms with Crippen LogP contribution in [0.5, 0.6) is 0 Å². The van der Waals surface area contributed by atoms with E-state index in [0.717, 1.165) is 30.3 Å². The van der Waals surface area contributed by atoms with E-state index < -0.39 is 0 Å². The van der Waals surface area contributed by atoms with Crippen molar-refractivity contribution < 1.29 is 0 Å². The summed E-state index contributed by atoms with van der Waals surface area (Å²) in [6, 6.07) is 3.85. The summed E-state index contributed by atoms with van der Waals surface area (Å²) < 4.78 is 2.08. The predicted molar refractivity (Wildman–Crippen MR) is 78.4 cm³/mol. The van der Waals surface area contributed by atoms with Crippen molar-refractivity contribution in [3.63, 3.8) is 0 Å². The highest BCUT2D eigenvalue weighted by atomic mass is 35.5. The second-order valence-electron chi connectivity index (χ2n) is 4.29. The summed E-state index contributed by atoms with van der Waals surface area (Å²) in [5.41, 5.74) is 13.4. The summed E-state index contributed by atoms with van der Waals surface area (Å²) in [6.07, 6.45) is 4.01. The van der Waals surface area contributed by atoms with Crippen molar-refractivity contribution in [2.24, 2.45) is 11.5 Å². The van der Waals surface area contributed by atoms with Crippen LogP contribution in [0.1, 0.15) is 12.0 Å². The van der Waals surface area contributed by atoms with Gasteiger partial charge in [0.1, 0.15) is 0 Å². The number of aromatic nitrogens is 1. The van der Waals surface area contributed by atoms with Gasteiger partial charge in [-0.05, 0) is 31.0 Å². The van der Waals surface area contributed by atoms with E-state index >= 15 is 0 Å². The van der Waals surface area contributed by atoms with Gasteiger partial charge in [0.2, 0.25) is 0 Å². The van der Waals surface area contributed by atoms with Crippen LogP contribution < -0.4 is 11.5 Å². The molecular weight excluding hydrogens is 269 g/mol. The number of halogens is 2. The van der Waals surface area contributed by atoms with Crippen molar-refractivity contribution in [2.45, 2.75) is 19.4 Å². The molecule has 0 saturated heterocycles. The molecule has 1 aromatic heterocycles. The van der Waals surface area contributed by atoms with E-state index in [4.69, 9.17) is 34.7 Å². The van der Waals surface area contributed by atoms with Crippen molar-refractivity contribution in [2.75, 3.05) is 13.1 Å². The molecule has 0 spiro atoms. The average molecular weight is 286 g/mol. The summed E-state index contributed by atoms with van der Waals surface area (Å²) in [7, 11) is 0. The predicted octanol–water partition coefficient (Wildman–Crippen LogP) is 2.80. The number of benzene rings is 1. The Kier molecular flexibility index (Phi) is 4.51. The lowest BCUT2D eigenvalue weighted by Gasteiger charge is -2.05. The van der Waals surface area contributed by atoms with E-state index in [1.807, 2.05) is 12.1 Å². The first-order valence-electron chi connectivity index (χ1n) is 6.05. The molecule has 0 unspecified atom stereocenters. The Morgan fingerprint density at radius 2 is 1.89 bits per heavy atom. The molecule has 0 amide bonds. The first kappa shape index (κ1) is 13.7. The second kappa shape index (κ2) is 5.93. The summed E-state index contributed by atoms with van der Waals surface area (Å²) >= 11 is 12.4. The lowest BCUT2D eigenvalue weighted by molar-refractivity contribution is 0.729. The van der Waals surface area contributed by atoms with Crippen LogP contribution in [0.25, 0.3) is 10.9 Å². The fourth-order valence-corrected chi connectivity index (χ4v) is 2.64. The van der Waals surface area contributed by atoms with Crippen molar-refractivity contribution in [1.82, 2.24) is 4.57 Å². The molecule has 0 aliphatic rings. The molecule has 0 aliphatic carbocycles. The molecule has 1 aromatic carbocycles. The van der Waals surface area contributed by atoms with Crippen LogP contribution >= 0.6 is 23.2 Å². The Balaban J connectivity index is 2.56. The first-order valence-corrected chi connectivity index (χ1v) is 6.80. The van der Waals surface area contributed by atoms with Gasteiger partial charge in [-0.25, -0.2) is 0 Å². The third-order valence-electron chi connectivity index (χ3n) is 3.03. The Morgan fingerprint density at radius 1 is 1.11 bits per heavy atom. The van der Waals surface area contributed by atoms with Gasteiger partial charge in [-0.2, -0.15) is 0 Å². The first-order chi connectivity index (χ1) is 8.69. The number of fused-ring (bicyclic) bond motifs is 1. The maximum atomic E-state index is 6.30. The molecule has 0 atom stereocenters. The maximum absolute atomic E-state index is 6.30. The van der Waals surface area contributed by atoms with Gasteiger partial charge < -0.3 is 16.0 Å². The second-order valence-corrected chi connectivity index (χ2v) is 5.07. The minimum Gasteiger partial charge on any atom is -0.345 e. The molecule has 2 rings (SSSR count). The highest BCUT2D eigenvalue weighted by molar-refractivity contribution is 6.45. The number of hydrogen-bond donors (Lipinski definition) is 2. The van der Waals surface area contributed by atoms with Gasteiger partial charge >= 0.3 is 0 Å². The minimum absolute atomic E-state index is 0.572. The van der Waals surface area contributed by atoms with Gasteiger partial charge in [0.25, 0.3) is 0 Å². The zero-order valence-electron chi connectivity index (χ0n) is 10.1. The molecule has 1 heterocycles. The lowest BCUT2D eigenvalue weighted by Crippen LogP contribution is -2.08. The van der Waals surface area contributed by atoms with E-state index in [0.29, 0.717) is 23.1 Å². The highest BCUT2D eigenvalue weighted by Gasteiger charge is 2.13. The smallest absolute Gasteiger partial charge is 0.0835 e. The van der Waals surface area contributed by atoms with Crippen molar-refractivity contribution in [3.8, 4) is 0 Å². The van der Waals surface area contributed by atoms with Gasteiger partial charge in [0, 0.05) is 24.7 Å². The number of rotatable bonds is 5. The maximum Gasteiger partial charge on any atom is 0.0835 e. The molecule has 2 aromatic rings. The molecule has 0 saturated carbocycles. The van der Waals surface area contributed by atoms with Crippen molar-refractivity contribution in [3.05, 3.63) is 33.9 Å². The van der Waals surface area contributed by atoms with Crippen LogP contribution in [-0.2, 0) is 13.0 Å².